The van der Waals surface area contributed by atoms with Gasteiger partial charge in [-0.15, -0.1) is 11.3 Å². The molecule has 0 N–H and O–H groups in total. The minimum Gasteiger partial charge on any atom is -0.147 e. The van der Waals surface area contributed by atoms with E-state index >= 15 is 0 Å². The van der Waals surface area contributed by atoms with Crippen LogP contribution in [0.5, 0.6) is 0 Å². The van der Waals surface area contributed by atoms with E-state index in [0.29, 0.717) is 0 Å². The minimum atomic E-state index is 0.255. The van der Waals surface area contributed by atoms with Crippen molar-refractivity contribution in [1.82, 2.24) is 0 Å². The second-order valence-electron chi connectivity index (χ2n) is 4.51. The lowest BCUT2D eigenvalue weighted by atomic mass is 10.0. The first kappa shape index (κ1) is 13.3. The Balaban J connectivity index is 2.21. The molecule has 96 valence electrons. The molecule has 1 unspecified atom stereocenters. The molecule has 0 radical (unpaired) electrons. The van der Waals surface area contributed by atoms with Crippen LogP contribution in [0.3, 0.4) is 0 Å². The lowest BCUT2D eigenvalue weighted by molar-refractivity contribution is 1.21. The Morgan fingerprint density at radius 1 is 1.00 bits per heavy atom. The van der Waals surface area contributed by atoms with Crippen LogP contribution in [0.25, 0.3) is 10.8 Å². The molecule has 2 aromatic carbocycles. The summed E-state index contributed by atoms with van der Waals surface area (Å²) in [6, 6.07) is 15.0. The zero-order chi connectivity index (χ0) is 13.4. The van der Waals surface area contributed by atoms with Crippen LogP contribution in [0.1, 0.15) is 20.8 Å². The number of halogens is 2. The van der Waals surface area contributed by atoms with E-state index in [-0.39, 0.29) is 4.83 Å². The Morgan fingerprint density at radius 2 is 1.74 bits per heavy atom. The number of benzene rings is 2. The maximum Gasteiger partial charge on any atom is 0.0746 e. The maximum atomic E-state index is 3.86. The van der Waals surface area contributed by atoms with Gasteiger partial charge in [-0.1, -0.05) is 62.2 Å². The zero-order valence-corrected chi connectivity index (χ0v) is 14.3. The second kappa shape index (κ2) is 5.39. The molecule has 0 bridgehead atoms. The number of fused-ring (bicyclic) bond motifs is 1. The van der Waals surface area contributed by atoms with Crippen LogP contribution < -0.4 is 0 Å². The van der Waals surface area contributed by atoms with Gasteiger partial charge in [-0.05, 0) is 46.3 Å². The summed E-state index contributed by atoms with van der Waals surface area (Å²) in [4.78, 5) is 1.64. The van der Waals surface area contributed by atoms with Crippen LogP contribution in [0.2, 0.25) is 0 Å². The molecule has 1 atom stereocenters. The van der Waals surface area contributed by atoms with Crippen LogP contribution in [-0.4, -0.2) is 0 Å². The zero-order valence-electron chi connectivity index (χ0n) is 10.4. The summed E-state index contributed by atoms with van der Waals surface area (Å²) >= 11 is 9.30. The second-order valence-corrected chi connectivity index (χ2v) is 7.23. The van der Waals surface area contributed by atoms with E-state index in [4.69, 9.17) is 0 Å². The minimum absolute atomic E-state index is 0.255. The fourth-order valence-electron chi connectivity index (χ4n) is 2.29. The standard InChI is InChI=1S/C16H12Br2S/c1-10-8-9-19-16(10)15(18)13-6-7-14(17)12-5-3-2-4-11(12)13/h2-9,15H,1H3. The van der Waals surface area contributed by atoms with Gasteiger partial charge in [0.1, 0.15) is 0 Å². The monoisotopic (exact) mass is 394 g/mol. The Hall–Kier alpha value is -0.640. The van der Waals surface area contributed by atoms with Gasteiger partial charge >= 0.3 is 0 Å². The average Bonchev–Trinajstić information content (AvgIpc) is 2.85. The number of hydrogen-bond acceptors (Lipinski definition) is 1. The third-order valence-corrected chi connectivity index (χ3v) is 6.34. The lowest BCUT2D eigenvalue weighted by Crippen LogP contribution is -1.93. The van der Waals surface area contributed by atoms with Crippen LogP contribution in [0.15, 0.2) is 52.3 Å². The molecule has 0 fully saturated rings. The number of hydrogen-bond donors (Lipinski definition) is 0. The largest absolute Gasteiger partial charge is 0.147 e. The predicted molar refractivity (Wildman–Crippen MR) is 91.5 cm³/mol. The third-order valence-electron chi connectivity index (χ3n) is 3.31. The molecule has 1 heterocycles. The number of thiophene rings is 1. The molecule has 1 aromatic heterocycles. The van der Waals surface area contributed by atoms with Crippen molar-refractivity contribution in [2.75, 3.05) is 0 Å². The summed E-state index contributed by atoms with van der Waals surface area (Å²) in [7, 11) is 0. The molecule has 3 aromatic rings. The maximum absolute atomic E-state index is 3.86. The lowest BCUT2D eigenvalue weighted by Gasteiger charge is -2.14. The Morgan fingerprint density at radius 3 is 2.42 bits per heavy atom. The van der Waals surface area contributed by atoms with Crippen molar-refractivity contribution in [3.8, 4) is 0 Å². The molecule has 3 heteroatoms. The highest BCUT2D eigenvalue weighted by Crippen LogP contribution is 2.40. The molecule has 3 rings (SSSR count). The number of rotatable bonds is 2. The van der Waals surface area contributed by atoms with Gasteiger partial charge in [0.05, 0.1) is 4.83 Å². The molecule has 0 aliphatic heterocycles. The molecule has 0 nitrogen and oxygen atoms in total. The van der Waals surface area contributed by atoms with E-state index < -0.39 is 0 Å². The SMILES string of the molecule is Cc1ccsc1C(Br)c1ccc(Br)c2ccccc12. The Kier molecular flexibility index (Phi) is 3.79. The van der Waals surface area contributed by atoms with Gasteiger partial charge in [-0.2, -0.15) is 0 Å². The van der Waals surface area contributed by atoms with Crippen molar-refractivity contribution in [2.45, 2.75) is 11.8 Å². The van der Waals surface area contributed by atoms with Gasteiger partial charge in [-0.3, -0.25) is 0 Å². The Labute approximate surface area is 133 Å². The molecule has 19 heavy (non-hydrogen) atoms. The van der Waals surface area contributed by atoms with Crippen molar-refractivity contribution < 1.29 is 0 Å². The highest BCUT2D eigenvalue weighted by molar-refractivity contribution is 9.10. The fraction of sp³-hybridized carbons (Fsp3) is 0.125. The van der Waals surface area contributed by atoms with Crippen molar-refractivity contribution >= 4 is 54.0 Å². The Bertz CT molecular complexity index is 730. The first-order valence-corrected chi connectivity index (χ1v) is 8.62. The van der Waals surface area contributed by atoms with E-state index in [1.165, 1.54) is 26.8 Å². The van der Waals surface area contributed by atoms with Crippen molar-refractivity contribution in [1.29, 1.82) is 0 Å². The quantitative estimate of drug-likeness (QED) is 0.437. The molecule has 0 saturated carbocycles. The number of aryl methyl sites for hydroxylation is 1. The summed E-state index contributed by atoms with van der Waals surface area (Å²) in [5, 5.41) is 4.71. The summed E-state index contributed by atoms with van der Waals surface area (Å²) in [5.41, 5.74) is 2.67. The van der Waals surface area contributed by atoms with E-state index in [1.807, 2.05) is 0 Å². The van der Waals surface area contributed by atoms with Crippen LogP contribution in [0, 0.1) is 6.92 Å². The normalized spacial score (nSPS) is 12.8. The van der Waals surface area contributed by atoms with Crippen molar-refractivity contribution in [3.05, 3.63) is 68.3 Å². The van der Waals surface area contributed by atoms with Gasteiger partial charge in [-0.25, -0.2) is 0 Å². The topological polar surface area (TPSA) is 0 Å². The van der Waals surface area contributed by atoms with Crippen LogP contribution in [-0.2, 0) is 0 Å². The van der Waals surface area contributed by atoms with Crippen LogP contribution >= 0.6 is 43.2 Å². The summed E-state index contributed by atoms with van der Waals surface area (Å²) < 4.78 is 1.15. The van der Waals surface area contributed by atoms with Gasteiger partial charge in [0.15, 0.2) is 0 Å². The third kappa shape index (κ3) is 2.39. The van der Waals surface area contributed by atoms with Gasteiger partial charge < -0.3 is 0 Å². The van der Waals surface area contributed by atoms with E-state index in [0.717, 1.165) is 4.47 Å². The first-order chi connectivity index (χ1) is 9.18. The molecule has 0 saturated heterocycles. The smallest absolute Gasteiger partial charge is 0.0746 e. The molecule has 0 spiro atoms. The van der Waals surface area contributed by atoms with E-state index in [2.05, 4.69) is 86.6 Å². The first-order valence-electron chi connectivity index (χ1n) is 6.03. The molecular weight excluding hydrogens is 384 g/mol. The van der Waals surface area contributed by atoms with E-state index in [9.17, 15) is 0 Å². The number of alkyl halides is 1. The summed E-state index contributed by atoms with van der Waals surface area (Å²) in [5.74, 6) is 0. The molecule has 0 amide bonds. The van der Waals surface area contributed by atoms with Gasteiger partial charge in [0.25, 0.3) is 0 Å². The predicted octanol–water partition coefficient (Wildman–Crippen LogP) is 6.46. The summed E-state index contributed by atoms with van der Waals surface area (Å²) in [6.45, 7) is 2.17. The molecule has 0 aliphatic rings. The molecular formula is C16H12Br2S. The highest BCUT2D eigenvalue weighted by Gasteiger charge is 2.17. The van der Waals surface area contributed by atoms with Crippen LogP contribution in [0.4, 0.5) is 0 Å². The average molecular weight is 396 g/mol. The molecule has 0 aliphatic carbocycles. The van der Waals surface area contributed by atoms with E-state index in [1.54, 1.807) is 11.3 Å². The van der Waals surface area contributed by atoms with Crippen molar-refractivity contribution in [3.63, 3.8) is 0 Å². The fourth-order valence-corrected chi connectivity index (χ4v) is 4.77. The van der Waals surface area contributed by atoms with Gasteiger partial charge in [0, 0.05) is 9.35 Å². The summed E-state index contributed by atoms with van der Waals surface area (Å²) in [6.07, 6.45) is 0. The highest BCUT2D eigenvalue weighted by atomic mass is 79.9. The van der Waals surface area contributed by atoms with Gasteiger partial charge in [0.2, 0.25) is 0 Å². The van der Waals surface area contributed by atoms with Crippen molar-refractivity contribution in [2.24, 2.45) is 0 Å².